The third kappa shape index (κ3) is 1710. The smallest absolute Gasteiger partial charge is 0.418 e. The highest BCUT2D eigenvalue weighted by Crippen LogP contribution is 2.06. The molecule has 64 valence electrons. The van der Waals surface area contributed by atoms with Gasteiger partial charge in [0.15, 0.2) is 0 Å². The molecule has 0 spiro atoms. The van der Waals surface area contributed by atoms with Gasteiger partial charge in [0.2, 0.25) is 0 Å². The fourth-order valence-electron chi connectivity index (χ4n) is 0. The lowest BCUT2D eigenvalue weighted by molar-refractivity contribution is 0.368. The number of hydrogen-bond acceptors (Lipinski definition) is 4. The molecule has 0 fully saturated rings. The molecule has 0 amide bonds. The van der Waals surface area contributed by atoms with Crippen LogP contribution in [-0.2, 0) is 0 Å². The van der Waals surface area contributed by atoms with Crippen molar-refractivity contribution in [2.45, 2.75) is 0 Å². The van der Waals surface area contributed by atoms with E-state index >= 15 is 0 Å². The first-order valence-electron chi connectivity index (χ1n) is 0.873. The minimum absolute atomic E-state index is 0. The number of halogens is 4. The minimum atomic E-state index is -6.00. The lowest BCUT2D eigenvalue weighted by Crippen LogP contribution is -2.02. The van der Waals surface area contributed by atoms with Gasteiger partial charge in [0.25, 0.3) is 0 Å². The third-order valence-electron chi connectivity index (χ3n) is 0. The lowest BCUT2D eigenvalue weighted by Gasteiger charge is -1.94. The Morgan fingerprint density at radius 3 is 0.556 bits per heavy atom. The molecule has 9 heteroatoms. The maximum absolute atomic E-state index is 9.75. The molecule has 0 aromatic rings. The van der Waals surface area contributed by atoms with Gasteiger partial charge < -0.3 is 41.9 Å². The summed E-state index contributed by atoms with van der Waals surface area (Å²) in [7, 11) is -6.00. The van der Waals surface area contributed by atoms with Gasteiger partial charge in [-0.1, -0.05) is 0 Å². The molecule has 0 saturated heterocycles. The highest BCUT2D eigenvalue weighted by Gasteiger charge is 2.20. The number of rotatable bonds is 0. The molecule has 0 aliphatic rings. The van der Waals surface area contributed by atoms with Crippen LogP contribution >= 0.6 is 0 Å². The van der Waals surface area contributed by atoms with Crippen LogP contribution in [0.4, 0.5) is 17.3 Å². The van der Waals surface area contributed by atoms with E-state index in [-0.39, 0.29) is 24.6 Å². The van der Waals surface area contributed by atoms with Gasteiger partial charge in [-0.2, -0.15) is 0 Å². The largest absolute Gasteiger partial charge is 0.673 e. The molecule has 0 rings (SSSR count). The van der Waals surface area contributed by atoms with Gasteiger partial charge in [-0.3, -0.25) is 0 Å². The second-order valence-electron chi connectivity index (χ2n) is 0.495. The maximum atomic E-state index is 9.75. The summed E-state index contributed by atoms with van der Waals surface area (Å²) in [5.74, 6) is 0. The van der Waals surface area contributed by atoms with Crippen molar-refractivity contribution in [2.24, 2.45) is 0 Å². The van der Waals surface area contributed by atoms with Gasteiger partial charge >= 0.3 is 7.25 Å². The average Bonchev–Trinajstić information content (AvgIpc) is 0.722. The molecule has 9 heavy (non-hydrogen) atoms. The Labute approximate surface area is 50.4 Å². The number of hydrogen-bond donors (Lipinski definition) is 4. The Hall–Kier alpha value is -0.375. The van der Waals surface area contributed by atoms with Crippen molar-refractivity contribution in [3.63, 3.8) is 0 Å². The van der Waals surface area contributed by atoms with Gasteiger partial charge in [-0.25, -0.2) is 0 Å². The van der Waals surface area contributed by atoms with Crippen molar-refractivity contribution in [1.29, 1.82) is 0 Å². The molecular formula is H12BF4N4-. The zero-order chi connectivity index (χ0) is 4.50. The highest BCUT2D eigenvalue weighted by atomic mass is 19.5. The van der Waals surface area contributed by atoms with Crippen molar-refractivity contribution in [3.05, 3.63) is 0 Å². The molecule has 0 aliphatic carbocycles. The van der Waals surface area contributed by atoms with Crippen LogP contribution in [0.3, 0.4) is 0 Å². The second kappa shape index (κ2) is 10.6. The molecule has 0 aliphatic heterocycles. The zero-order valence-corrected chi connectivity index (χ0v) is 4.92. The topological polar surface area (TPSA) is 140 Å². The molecule has 0 bridgehead atoms. The summed E-state index contributed by atoms with van der Waals surface area (Å²) in [6.07, 6.45) is 0. The van der Waals surface area contributed by atoms with E-state index in [1.807, 2.05) is 0 Å². The summed E-state index contributed by atoms with van der Waals surface area (Å²) >= 11 is 0. The Bertz CT molecular complexity index is 28.0. The second-order valence-corrected chi connectivity index (χ2v) is 0.495. The van der Waals surface area contributed by atoms with E-state index < -0.39 is 7.25 Å². The van der Waals surface area contributed by atoms with E-state index in [0.717, 1.165) is 0 Å². The zero-order valence-electron chi connectivity index (χ0n) is 4.92. The maximum Gasteiger partial charge on any atom is 0.673 e. The van der Waals surface area contributed by atoms with E-state index in [1.54, 1.807) is 0 Å². The van der Waals surface area contributed by atoms with Crippen LogP contribution in [0.15, 0.2) is 0 Å². The van der Waals surface area contributed by atoms with E-state index in [4.69, 9.17) is 0 Å². The Kier molecular flexibility index (Phi) is 44.8. The molecular weight excluding hydrogens is 143 g/mol. The van der Waals surface area contributed by atoms with Gasteiger partial charge in [0.05, 0.1) is 0 Å². The van der Waals surface area contributed by atoms with Crippen molar-refractivity contribution in [2.75, 3.05) is 0 Å². The SMILES string of the molecule is F[B-](F)(F)F.N.N.N.N. The summed E-state index contributed by atoms with van der Waals surface area (Å²) in [6, 6.07) is 0. The molecule has 4 nitrogen and oxygen atoms in total. The molecule has 0 aromatic heterocycles. The molecule has 0 heterocycles. The highest BCUT2D eigenvalue weighted by molar-refractivity contribution is 6.50. The molecule has 0 atom stereocenters. The normalized spacial score (nSPS) is 6.67. The predicted octanol–water partition coefficient (Wildman–Crippen LogP) is 1.95. The van der Waals surface area contributed by atoms with E-state index in [1.165, 1.54) is 0 Å². The third-order valence-corrected chi connectivity index (χ3v) is 0. The lowest BCUT2D eigenvalue weighted by atomic mass is 10.3. The quantitative estimate of drug-likeness (QED) is 0.313. The minimum Gasteiger partial charge on any atom is -0.418 e. The van der Waals surface area contributed by atoms with Crippen LogP contribution in [0.25, 0.3) is 0 Å². The first-order chi connectivity index (χ1) is 2.00. The van der Waals surface area contributed by atoms with Gasteiger partial charge in [0.1, 0.15) is 0 Å². The van der Waals surface area contributed by atoms with E-state index in [9.17, 15) is 17.3 Å². The van der Waals surface area contributed by atoms with Crippen LogP contribution in [0.1, 0.15) is 0 Å². The summed E-state index contributed by atoms with van der Waals surface area (Å²) in [6.45, 7) is 0. The Morgan fingerprint density at radius 1 is 0.556 bits per heavy atom. The van der Waals surface area contributed by atoms with Crippen molar-refractivity contribution in [3.8, 4) is 0 Å². The van der Waals surface area contributed by atoms with Crippen molar-refractivity contribution < 1.29 is 17.3 Å². The molecule has 0 aromatic carbocycles. The summed E-state index contributed by atoms with van der Waals surface area (Å²) in [5.41, 5.74) is 0. The molecule has 0 unspecified atom stereocenters. The summed E-state index contributed by atoms with van der Waals surface area (Å²) in [4.78, 5) is 0. The Morgan fingerprint density at radius 2 is 0.556 bits per heavy atom. The first kappa shape index (κ1) is 38.2. The van der Waals surface area contributed by atoms with Crippen LogP contribution in [-0.4, -0.2) is 7.25 Å². The van der Waals surface area contributed by atoms with Crippen LogP contribution in [0.5, 0.6) is 0 Å². The van der Waals surface area contributed by atoms with Crippen molar-refractivity contribution >= 4 is 7.25 Å². The fourth-order valence-corrected chi connectivity index (χ4v) is 0. The fraction of sp³-hybridized carbons (Fsp3) is 0. The Balaban J connectivity index is -0.0000000133. The van der Waals surface area contributed by atoms with E-state index in [0.29, 0.717) is 0 Å². The molecule has 0 radical (unpaired) electrons. The monoisotopic (exact) mass is 155 g/mol. The van der Waals surface area contributed by atoms with Gasteiger partial charge in [-0.05, 0) is 0 Å². The van der Waals surface area contributed by atoms with E-state index in [2.05, 4.69) is 0 Å². The van der Waals surface area contributed by atoms with Crippen LogP contribution in [0, 0.1) is 0 Å². The molecule has 12 N–H and O–H groups in total. The standard InChI is InChI=1S/BF4.4H3N/c2-1(3,4)5;;;;/h;4*1H3/q-1;;;;. The average molecular weight is 155 g/mol. The first-order valence-corrected chi connectivity index (χ1v) is 0.873. The molecule has 0 saturated carbocycles. The summed E-state index contributed by atoms with van der Waals surface area (Å²) < 4.78 is 39.0. The van der Waals surface area contributed by atoms with Crippen LogP contribution < -0.4 is 24.6 Å². The van der Waals surface area contributed by atoms with Crippen LogP contribution in [0.2, 0.25) is 0 Å². The van der Waals surface area contributed by atoms with Gasteiger partial charge in [0, 0.05) is 0 Å². The predicted molar refractivity (Wildman–Crippen MR) is 30.3 cm³/mol. The summed E-state index contributed by atoms with van der Waals surface area (Å²) in [5, 5.41) is 0. The van der Waals surface area contributed by atoms with Gasteiger partial charge in [-0.15, -0.1) is 0 Å². The van der Waals surface area contributed by atoms with Crippen molar-refractivity contribution in [1.82, 2.24) is 24.6 Å².